The summed E-state index contributed by atoms with van der Waals surface area (Å²) in [4.78, 5) is 27.2. The highest BCUT2D eigenvalue weighted by Crippen LogP contribution is 2.52. The predicted molar refractivity (Wildman–Crippen MR) is 121 cm³/mol. The second-order valence-corrected chi connectivity index (χ2v) is 7.95. The van der Waals surface area contributed by atoms with Crippen LogP contribution in [0.25, 0.3) is 11.0 Å². The van der Waals surface area contributed by atoms with Gasteiger partial charge in [0.2, 0.25) is 5.60 Å². The first-order valence-electron chi connectivity index (χ1n) is 10.4. The molecule has 0 radical (unpaired) electrons. The molecule has 4 aromatic rings. The van der Waals surface area contributed by atoms with Crippen LogP contribution in [0.5, 0.6) is 5.75 Å². The van der Waals surface area contributed by atoms with E-state index >= 15 is 0 Å². The third-order valence-corrected chi connectivity index (χ3v) is 6.19. The summed E-state index contributed by atoms with van der Waals surface area (Å²) < 4.78 is 12.2. The molecule has 0 saturated carbocycles. The molecule has 0 saturated heterocycles. The molecule has 1 spiro atoms. The van der Waals surface area contributed by atoms with Crippen molar-refractivity contribution in [2.45, 2.75) is 18.4 Å². The number of fused-ring (bicyclic) bond motifs is 3. The van der Waals surface area contributed by atoms with Crippen molar-refractivity contribution in [3.05, 3.63) is 106 Å². The molecular formula is C26H18N2O4. The maximum Gasteiger partial charge on any atom is 0.344 e. The van der Waals surface area contributed by atoms with E-state index in [-0.39, 0.29) is 5.91 Å². The van der Waals surface area contributed by atoms with Crippen molar-refractivity contribution in [1.29, 1.82) is 0 Å². The Morgan fingerprint density at radius 2 is 1.53 bits per heavy atom. The number of hydrogen-bond donors (Lipinski definition) is 0. The third-order valence-electron chi connectivity index (χ3n) is 6.19. The Hall–Kier alpha value is -4.19. The van der Waals surface area contributed by atoms with Gasteiger partial charge in [-0.25, -0.2) is 4.79 Å². The molecular weight excluding hydrogens is 404 g/mol. The first-order valence-corrected chi connectivity index (χ1v) is 10.4. The van der Waals surface area contributed by atoms with Crippen molar-refractivity contribution in [2.24, 2.45) is 5.10 Å². The van der Waals surface area contributed by atoms with Crippen LogP contribution in [0.1, 0.15) is 24.0 Å². The van der Waals surface area contributed by atoms with Crippen molar-refractivity contribution < 1.29 is 13.9 Å². The molecule has 32 heavy (non-hydrogen) atoms. The van der Waals surface area contributed by atoms with Crippen LogP contribution in [-0.2, 0) is 4.79 Å². The normalized spacial score (nSPS) is 21.7. The molecule has 0 fully saturated rings. The highest BCUT2D eigenvalue weighted by Gasteiger charge is 2.63. The Balaban J connectivity index is 1.63. The smallest absolute Gasteiger partial charge is 0.344 e. The number of nitrogens with zero attached hydrogens (tertiary/aromatic N) is 2. The summed E-state index contributed by atoms with van der Waals surface area (Å²) in [6.45, 7) is 1.77. The van der Waals surface area contributed by atoms with Crippen molar-refractivity contribution >= 4 is 28.3 Å². The lowest BCUT2D eigenvalue weighted by Gasteiger charge is -2.29. The largest absolute Gasteiger partial charge is 0.469 e. The van der Waals surface area contributed by atoms with Crippen molar-refractivity contribution in [3.8, 4) is 5.75 Å². The Kier molecular flexibility index (Phi) is 3.86. The van der Waals surface area contributed by atoms with Gasteiger partial charge in [0, 0.05) is 0 Å². The van der Waals surface area contributed by atoms with E-state index in [2.05, 4.69) is 5.10 Å². The van der Waals surface area contributed by atoms with Crippen molar-refractivity contribution in [1.82, 2.24) is 0 Å². The average Bonchev–Trinajstić information content (AvgIpc) is 3.32. The van der Waals surface area contributed by atoms with E-state index in [9.17, 15) is 9.59 Å². The second-order valence-electron chi connectivity index (χ2n) is 7.95. The molecule has 6 rings (SSSR count). The molecule has 0 unspecified atom stereocenters. The highest BCUT2D eigenvalue weighted by atomic mass is 16.5. The second kappa shape index (κ2) is 6.65. The fraction of sp³-hybridized carbons (Fsp3) is 0.115. The number of carbonyl (C=O) groups is 1. The molecule has 2 aliphatic heterocycles. The SMILES string of the molecule is CC1=NN(c2ccccc2)C(=O)[C@@]12Oc1c(c(=O)oc3ccccc13)[C@@H]2c1ccccc1. The van der Waals surface area contributed by atoms with Crippen LogP contribution in [0.2, 0.25) is 0 Å². The Bertz CT molecular complexity index is 1460. The molecule has 0 bridgehead atoms. The van der Waals surface area contributed by atoms with E-state index in [1.807, 2.05) is 72.8 Å². The number of carbonyl (C=O) groups excluding carboxylic acids is 1. The first-order chi connectivity index (χ1) is 15.6. The summed E-state index contributed by atoms with van der Waals surface area (Å²) >= 11 is 0. The molecule has 3 aromatic carbocycles. The minimum atomic E-state index is -1.47. The van der Waals surface area contributed by atoms with Crippen LogP contribution < -0.4 is 15.4 Å². The predicted octanol–water partition coefficient (Wildman–Crippen LogP) is 4.48. The fourth-order valence-electron chi connectivity index (χ4n) is 4.74. The summed E-state index contributed by atoms with van der Waals surface area (Å²) in [5, 5.41) is 6.60. The third kappa shape index (κ3) is 2.37. The summed E-state index contributed by atoms with van der Waals surface area (Å²) in [5.74, 6) is -0.650. The van der Waals surface area contributed by atoms with Crippen molar-refractivity contribution in [2.75, 3.05) is 5.01 Å². The number of ether oxygens (including phenoxy) is 1. The topological polar surface area (TPSA) is 72.1 Å². The Morgan fingerprint density at radius 1 is 0.875 bits per heavy atom. The minimum Gasteiger partial charge on any atom is -0.469 e. The number of anilines is 1. The molecule has 2 aliphatic rings. The molecule has 1 amide bonds. The molecule has 3 heterocycles. The van der Waals surface area contributed by atoms with Gasteiger partial charge in [0.1, 0.15) is 11.3 Å². The Labute approximate surface area is 183 Å². The van der Waals surface area contributed by atoms with Gasteiger partial charge in [0.05, 0.1) is 28.3 Å². The molecule has 156 valence electrons. The summed E-state index contributed by atoms with van der Waals surface area (Å²) in [7, 11) is 0. The maximum absolute atomic E-state index is 14.0. The first kappa shape index (κ1) is 18.6. The van der Waals surface area contributed by atoms with E-state index in [1.165, 1.54) is 5.01 Å². The van der Waals surface area contributed by atoms with Gasteiger partial charge >= 0.3 is 5.63 Å². The molecule has 1 aromatic heterocycles. The Morgan fingerprint density at radius 3 is 2.28 bits per heavy atom. The van der Waals surface area contributed by atoms with Crippen LogP contribution in [0.15, 0.2) is 99.2 Å². The van der Waals surface area contributed by atoms with E-state index in [1.54, 1.807) is 19.1 Å². The fourth-order valence-corrected chi connectivity index (χ4v) is 4.74. The number of rotatable bonds is 2. The van der Waals surface area contributed by atoms with Crippen LogP contribution >= 0.6 is 0 Å². The van der Waals surface area contributed by atoms with Crippen LogP contribution in [0.4, 0.5) is 5.69 Å². The quantitative estimate of drug-likeness (QED) is 0.447. The van der Waals surface area contributed by atoms with Gasteiger partial charge in [-0.1, -0.05) is 60.7 Å². The van der Waals surface area contributed by atoms with Gasteiger partial charge in [-0.2, -0.15) is 10.1 Å². The molecule has 0 N–H and O–H groups in total. The van der Waals surface area contributed by atoms with E-state index in [4.69, 9.17) is 9.15 Å². The zero-order chi connectivity index (χ0) is 21.9. The number of para-hydroxylation sites is 2. The van der Waals surface area contributed by atoms with Crippen LogP contribution in [-0.4, -0.2) is 17.2 Å². The van der Waals surface area contributed by atoms with Crippen LogP contribution in [0.3, 0.4) is 0 Å². The van der Waals surface area contributed by atoms with Gasteiger partial charge in [-0.3, -0.25) is 4.79 Å². The molecule has 6 heteroatoms. The van der Waals surface area contributed by atoms with Crippen LogP contribution in [0, 0.1) is 0 Å². The van der Waals surface area contributed by atoms with Gasteiger partial charge in [-0.05, 0) is 36.8 Å². The van der Waals surface area contributed by atoms with Crippen molar-refractivity contribution in [3.63, 3.8) is 0 Å². The zero-order valence-corrected chi connectivity index (χ0v) is 17.2. The maximum atomic E-state index is 14.0. The minimum absolute atomic E-state index is 0.338. The van der Waals surface area contributed by atoms with Gasteiger partial charge < -0.3 is 9.15 Å². The van der Waals surface area contributed by atoms with E-state index in [0.717, 1.165) is 5.56 Å². The number of benzene rings is 3. The van der Waals surface area contributed by atoms with Gasteiger partial charge in [0.25, 0.3) is 5.91 Å². The van der Waals surface area contributed by atoms with E-state index in [0.29, 0.717) is 33.7 Å². The lowest BCUT2D eigenvalue weighted by atomic mass is 9.77. The monoisotopic (exact) mass is 422 g/mol. The zero-order valence-electron chi connectivity index (χ0n) is 17.2. The summed E-state index contributed by atoms with van der Waals surface area (Å²) in [5.41, 5.74) is 0.678. The lowest BCUT2D eigenvalue weighted by Crippen LogP contribution is -2.53. The summed E-state index contributed by atoms with van der Waals surface area (Å²) in [6, 6.07) is 25.8. The number of hydrazone groups is 1. The number of amides is 1. The standard InChI is InChI=1S/C26H18N2O4/c1-16-26(25(30)28(27-16)18-12-6-3-7-13-18)22(17-10-4-2-5-11-17)21-23(32-26)19-14-8-9-15-20(19)31-24(21)29/h2-15,22H,1H3/t22-,26+/m0/s1. The molecule has 2 atom stereocenters. The summed E-state index contributed by atoms with van der Waals surface area (Å²) in [6.07, 6.45) is 0. The molecule has 0 aliphatic carbocycles. The highest BCUT2D eigenvalue weighted by molar-refractivity contribution is 6.23. The lowest BCUT2D eigenvalue weighted by molar-refractivity contribution is -0.127. The van der Waals surface area contributed by atoms with Gasteiger partial charge in [0.15, 0.2) is 0 Å². The van der Waals surface area contributed by atoms with E-state index < -0.39 is 17.1 Å². The number of hydrogen-bond acceptors (Lipinski definition) is 5. The average molecular weight is 422 g/mol. The van der Waals surface area contributed by atoms with Gasteiger partial charge in [-0.15, -0.1) is 0 Å². The molecule has 6 nitrogen and oxygen atoms in total.